The molecule has 0 aliphatic carbocycles. The van der Waals surface area contributed by atoms with Gasteiger partial charge in [-0.05, 0) is 43.7 Å². The van der Waals surface area contributed by atoms with Crippen molar-refractivity contribution in [3.8, 4) is 0 Å². The molecule has 6 heteroatoms. The molecule has 0 bridgehead atoms. The lowest BCUT2D eigenvalue weighted by Crippen LogP contribution is -2.43. The molecule has 0 aromatic heterocycles. The van der Waals surface area contributed by atoms with Gasteiger partial charge in [0.1, 0.15) is 5.70 Å². The van der Waals surface area contributed by atoms with Gasteiger partial charge in [0, 0.05) is 0 Å². The van der Waals surface area contributed by atoms with Crippen molar-refractivity contribution < 1.29 is 10.6 Å². The summed E-state index contributed by atoms with van der Waals surface area (Å²) < 4.78 is 0. The topological polar surface area (TPSA) is 82.6 Å². The summed E-state index contributed by atoms with van der Waals surface area (Å²) in [6.45, 7) is 3.93. The Morgan fingerprint density at radius 2 is 1.78 bits per heavy atom. The summed E-state index contributed by atoms with van der Waals surface area (Å²) >= 11 is 0. The maximum Gasteiger partial charge on any atom is 0.235 e. The van der Waals surface area contributed by atoms with Crippen LogP contribution in [0, 0.1) is 6.92 Å². The quantitative estimate of drug-likeness (QED) is 0.848. The summed E-state index contributed by atoms with van der Waals surface area (Å²) in [5.41, 5.74) is 8.51. The van der Waals surface area contributed by atoms with Crippen molar-refractivity contribution in [1.82, 2.24) is 5.53 Å². The normalized spacial score (nSPS) is 15.8. The summed E-state index contributed by atoms with van der Waals surface area (Å²) in [5.74, 6) is 0.154. The first-order chi connectivity index (χ1) is 10.6. The Labute approximate surface area is 134 Å². The molecule has 118 valence electrons. The fourth-order valence-corrected chi connectivity index (χ4v) is 2.83. The minimum Gasteiger partial charge on any atom is -0.492 e. The molecular weight excluding hydrogens is 292 g/mol. The zero-order chi connectivity index (χ0) is 15.3. The van der Waals surface area contributed by atoms with Crippen molar-refractivity contribution in [2.75, 3.05) is 10.0 Å². The molecule has 6 nitrogen and oxygen atoms in total. The highest BCUT2D eigenvalue weighted by Crippen LogP contribution is 2.39. The number of benzene rings is 2. The number of para-hydroxylation sites is 2. The number of nitrogens with one attached hydrogen (secondary N) is 1. The third-order valence-electron chi connectivity index (χ3n) is 3.86. The molecule has 0 saturated heterocycles. The molecule has 0 fully saturated rings. The number of aliphatic hydroxyl groups is 1. The van der Waals surface area contributed by atoms with Gasteiger partial charge in [0.2, 0.25) is 5.88 Å². The van der Waals surface area contributed by atoms with Crippen molar-refractivity contribution in [2.24, 2.45) is 4.99 Å². The number of nitrogens with zero attached hydrogens (tertiary/aromatic N) is 3. The Kier molecular flexibility index (Phi) is 3.55. The van der Waals surface area contributed by atoms with Crippen LogP contribution in [0.1, 0.15) is 12.5 Å². The van der Waals surface area contributed by atoms with E-state index in [2.05, 4.69) is 10.5 Å². The van der Waals surface area contributed by atoms with Crippen LogP contribution in [0.15, 0.2) is 65.1 Å². The molecule has 0 spiro atoms. The van der Waals surface area contributed by atoms with Crippen LogP contribution in [0.5, 0.6) is 0 Å². The van der Waals surface area contributed by atoms with Gasteiger partial charge >= 0.3 is 0 Å². The van der Waals surface area contributed by atoms with Crippen LogP contribution in [0.3, 0.4) is 0 Å². The van der Waals surface area contributed by atoms with Crippen molar-refractivity contribution in [3.05, 3.63) is 65.7 Å². The van der Waals surface area contributed by atoms with Crippen LogP contribution < -0.4 is 15.6 Å². The Morgan fingerprint density at radius 1 is 1.00 bits per heavy atom. The van der Waals surface area contributed by atoms with Crippen LogP contribution in [0.25, 0.3) is 0 Å². The smallest absolute Gasteiger partial charge is 0.235 e. The number of hydrazine groups is 2. The van der Waals surface area contributed by atoms with E-state index in [-0.39, 0.29) is 11.4 Å². The number of rotatable bonds is 1. The van der Waals surface area contributed by atoms with Gasteiger partial charge in [0.05, 0.1) is 22.8 Å². The molecule has 2 aromatic rings. The van der Waals surface area contributed by atoms with Crippen LogP contribution in [-0.4, -0.2) is 16.3 Å². The first-order valence-electron chi connectivity index (χ1n) is 7.16. The standard InChI is InChI=1S/C17H16N4O.H2O/c1-11-6-5-7-13(10-11)20-17(22)16-12(2)18-14-8-3-4-9-15(14)21(16)19-20;/h3-10,19,22H,1-2H3;1H2. The van der Waals surface area contributed by atoms with Gasteiger partial charge < -0.3 is 10.6 Å². The number of hydrogen-bond donors (Lipinski definition) is 2. The molecule has 2 aromatic carbocycles. The molecule has 0 saturated carbocycles. The van der Waals surface area contributed by atoms with E-state index in [9.17, 15) is 5.11 Å². The van der Waals surface area contributed by atoms with Gasteiger partial charge in [-0.1, -0.05) is 24.3 Å². The Morgan fingerprint density at radius 3 is 2.57 bits per heavy atom. The van der Waals surface area contributed by atoms with Crippen molar-refractivity contribution in [3.63, 3.8) is 0 Å². The highest BCUT2D eigenvalue weighted by atomic mass is 16.3. The molecule has 0 atom stereocenters. The number of fused-ring (bicyclic) bond motifs is 3. The van der Waals surface area contributed by atoms with E-state index in [1.165, 1.54) is 0 Å². The first kappa shape index (κ1) is 15.1. The average molecular weight is 310 g/mol. The zero-order valence-corrected chi connectivity index (χ0v) is 12.9. The van der Waals surface area contributed by atoms with Crippen LogP contribution in [-0.2, 0) is 0 Å². The second-order valence-corrected chi connectivity index (χ2v) is 5.47. The van der Waals surface area contributed by atoms with Crippen LogP contribution in [0.4, 0.5) is 17.1 Å². The minimum atomic E-state index is 0. The van der Waals surface area contributed by atoms with Crippen LogP contribution in [0.2, 0.25) is 0 Å². The summed E-state index contributed by atoms with van der Waals surface area (Å²) in [6.07, 6.45) is 0. The Balaban J connectivity index is 0.00000156. The fourth-order valence-electron chi connectivity index (χ4n) is 2.83. The number of aliphatic hydroxyl groups excluding tert-OH is 1. The second-order valence-electron chi connectivity index (χ2n) is 5.47. The number of aryl methyl sites for hydroxylation is 1. The monoisotopic (exact) mass is 310 g/mol. The average Bonchev–Trinajstić information content (AvgIpc) is 2.86. The molecule has 23 heavy (non-hydrogen) atoms. The molecule has 4 rings (SSSR count). The molecule has 2 aliphatic heterocycles. The van der Waals surface area contributed by atoms with Gasteiger partial charge in [0.15, 0.2) is 0 Å². The van der Waals surface area contributed by atoms with E-state index >= 15 is 0 Å². The molecule has 2 heterocycles. The van der Waals surface area contributed by atoms with Crippen molar-refractivity contribution in [2.45, 2.75) is 13.8 Å². The van der Waals surface area contributed by atoms with Crippen LogP contribution >= 0.6 is 0 Å². The van der Waals surface area contributed by atoms with Gasteiger partial charge in [-0.25, -0.2) is 15.0 Å². The van der Waals surface area contributed by atoms with Gasteiger partial charge in [-0.3, -0.25) is 0 Å². The maximum absolute atomic E-state index is 10.6. The third-order valence-corrected chi connectivity index (χ3v) is 3.86. The zero-order valence-electron chi connectivity index (χ0n) is 12.9. The predicted molar refractivity (Wildman–Crippen MR) is 91.8 cm³/mol. The maximum atomic E-state index is 10.6. The summed E-state index contributed by atoms with van der Waals surface area (Å²) in [6, 6.07) is 15.8. The minimum absolute atomic E-state index is 0. The molecular formula is C17H18N4O2. The predicted octanol–water partition coefficient (Wildman–Crippen LogP) is 2.75. The lowest BCUT2D eigenvalue weighted by molar-refractivity contribution is 0.389. The van der Waals surface area contributed by atoms with Gasteiger partial charge in [-0.15, -0.1) is 5.53 Å². The molecule has 0 amide bonds. The van der Waals surface area contributed by atoms with E-state index in [4.69, 9.17) is 0 Å². The number of hydrogen-bond acceptors (Lipinski definition) is 5. The molecule has 0 unspecified atom stereocenters. The number of allylic oxidation sites excluding steroid dienone is 1. The lowest BCUT2D eigenvalue weighted by atomic mass is 10.1. The third kappa shape index (κ3) is 2.25. The highest BCUT2D eigenvalue weighted by Gasteiger charge is 2.36. The molecule has 0 radical (unpaired) electrons. The molecule has 4 N–H and O–H groups in total. The fraction of sp³-hybridized carbons (Fsp3) is 0.118. The second kappa shape index (κ2) is 5.42. The summed E-state index contributed by atoms with van der Waals surface area (Å²) in [5, 5.41) is 14.2. The highest BCUT2D eigenvalue weighted by molar-refractivity contribution is 6.07. The lowest BCUT2D eigenvalue weighted by Gasteiger charge is -2.27. The SMILES string of the molecule is CC1=Nc2ccccc2N2NN(c3cccc(C)c3)C(O)=C12.O. The largest absolute Gasteiger partial charge is 0.492 e. The molecule has 2 aliphatic rings. The Hall–Kier alpha value is -2.83. The van der Waals surface area contributed by atoms with E-state index in [0.29, 0.717) is 5.70 Å². The summed E-state index contributed by atoms with van der Waals surface area (Å²) in [7, 11) is 0. The number of anilines is 2. The van der Waals surface area contributed by atoms with Gasteiger partial charge in [0.25, 0.3) is 0 Å². The van der Waals surface area contributed by atoms with Gasteiger partial charge in [-0.2, -0.15) is 0 Å². The number of aliphatic imine (C=N–C) groups is 1. The van der Waals surface area contributed by atoms with Crippen molar-refractivity contribution >= 4 is 22.8 Å². The first-order valence-corrected chi connectivity index (χ1v) is 7.16. The van der Waals surface area contributed by atoms with Crippen molar-refractivity contribution in [1.29, 1.82) is 0 Å². The Bertz CT molecular complexity index is 829. The van der Waals surface area contributed by atoms with E-state index in [1.54, 1.807) is 5.01 Å². The van der Waals surface area contributed by atoms with E-state index in [0.717, 1.165) is 28.3 Å². The van der Waals surface area contributed by atoms with E-state index < -0.39 is 0 Å². The summed E-state index contributed by atoms with van der Waals surface area (Å²) in [4.78, 5) is 4.58. The van der Waals surface area contributed by atoms with E-state index in [1.807, 2.05) is 67.4 Å².